The lowest BCUT2D eigenvalue weighted by molar-refractivity contribution is 1.18. The average Bonchev–Trinajstić information content (AvgIpc) is 3.50. The van der Waals surface area contributed by atoms with Crippen LogP contribution in [0, 0.1) is 22.7 Å². The van der Waals surface area contributed by atoms with Crippen LogP contribution in [0.25, 0.3) is 82.4 Å². The minimum absolute atomic E-state index is 0.631. The number of rotatable bonds is 4. The van der Waals surface area contributed by atoms with E-state index < -0.39 is 0 Å². The highest BCUT2D eigenvalue weighted by Gasteiger charge is 2.18. The van der Waals surface area contributed by atoms with Crippen LogP contribution in [0.5, 0.6) is 0 Å². The van der Waals surface area contributed by atoms with Gasteiger partial charge in [0.15, 0.2) is 0 Å². The maximum atomic E-state index is 10.5. The molecule has 3 nitrogen and oxygen atoms in total. The minimum atomic E-state index is 0.631. The number of fused-ring (bicyclic) bond motifs is 5. The molecule has 0 unspecified atom stereocenters. The van der Waals surface area contributed by atoms with Crippen LogP contribution in [-0.4, -0.2) is 4.57 Å². The fraction of sp³-hybridized carbons (Fsp3) is 0. The molecule has 0 spiro atoms. The van der Waals surface area contributed by atoms with Gasteiger partial charge in [-0.15, -0.1) is 0 Å². The smallest absolute Gasteiger partial charge is 0.0998 e. The lowest BCUT2D eigenvalue weighted by Gasteiger charge is -2.18. The number of benzene rings is 8. The molecular weight excluding hydrogens is 595 g/mol. The lowest BCUT2D eigenvalue weighted by atomic mass is 9.85. The molecule has 0 bridgehead atoms. The van der Waals surface area contributed by atoms with Crippen LogP contribution in [-0.2, 0) is 0 Å². The Balaban J connectivity index is 1.18. The number of nitrogens with zero attached hydrogens (tertiary/aromatic N) is 3. The third kappa shape index (κ3) is 4.49. The van der Waals surface area contributed by atoms with Crippen molar-refractivity contribution in [2.24, 2.45) is 0 Å². The number of aromatic nitrogens is 1. The Labute approximate surface area is 283 Å². The van der Waals surface area contributed by atoms with E-state index in [-0.39, 0.29) is 0 Å². The fourth-order valence-electron chi connectivity index (χ4n) is 7.51. The largest absolute Gasteiger partial charge is 0.309 e. The summed E-state index contributed by atoms with van der Waals surface area (Å²) < 4.78 is 2.24. The maximum absolute atomic E-state index is 10.5. The van der Waals surface area contributed by atoms with Gasteiger partial charge < -0.3 is 4.57 Å². The molecule has 226 valence electrons. The van der Waals surface area contributed by atoms with Gasteiger partial charge in [-0.05, 0) is 97.4 Å². The topological polar surface area (TPSA) is 52.5 Å². The first-order valence-corrected chi connectivity index (χ1v) is 16.3. The number of nitriles is 2. The zero-order chi connectivity index (χ0) is 32.9. The van der Waals surface area contributed by atoms with Crippen LogP contribution >= 0.6 is 0 Å². The lowest BCUT2D eigenvalue weighted by Crippen LogP contribution is -1.94. The summed E-state index contributed by atoms with van der Waals surface area (Å²) in [6.07, 6.45) is 0. The standard InChI is InChI=1S/C46H27N3/c47-28-30-18-25-44-42(26-30)37-12-8-9-17-43(37)49(44)35-22-19-31(20-23-35)36-24-21-33(27-34(36)29-48)46-40-15-6-4-13-38(40)45(32-10-2-1-3-11-32)39-14-5-7-16-41(39)46/h1-27H. The predicted octanol–water partition coefficient (Wildman–Crippen LogP) is 11.8. The quantitative estimate of drug-likeness (QED) is 0.184. The molecule has 49 heavy (non-hydrogen) atoms. The zero-order valence-corrected chi connectivity index (χ0v) is 26.4. The highest BCUT2D eigenvalue weighted by atomic mass is 15.0. The Bertz CT molecular complexity index is 2770. The molecule has 0 aliphatic rings. The molecule has 0 saturated heterocycles. The highest BCUT2D eigenvalue weighted by molar-refractivity contribution is 6.21. The summed E-state index contributed by atoms with van der Waals surface area (Å²) in [6.45, 7) is 0. The predicted molar refractivity (Wildman–Crippen MR) is 202 cm³/mol. The van der Waals surface area contributed by atoms with Crippen molar-refractivity contribution in [1.29, 1.82) is 10.5 Å². The molecule has 0 fully saturated rings. The van der Waals surface area contributed by atoms with Crippen LogP contribution in [0.15, 0.2) is 164 Å². The summed E-state index contributed by atoms with van der Waals surface area (Å²) >= 11 is 0. The van der Waals surface area contributed by atoms with Crippen molar-refractivity contribution in [2.45, 2.75) is 0 Å². The van der Waals surface area contributed by atoms with Crippen molar-refractivity contribution >= 4 is 43.4 Å². The van der Waals surface area contributed by atoms with Gasteiger partial charge in [-0.1, -0.05) is 121 Å². The van der Waals surface area contributed by atoms with Crippen molar-refractivity contribution in [3.05, 3.63) is 175 Å². The van der Waals surface area contributed by atoms with E-state index in [0.717, 1.165) is 60.5 Å². The zero-order valence-electron chi connectivity index (χ0n) is 26.4. The van der Waals surface area contributed by atoms with Crippen molar-refractivity contribution in [1.82, 2.24) is 4.57 Å². The van der Waals surface area contributed by atoms with Crippen LogP contribution < -0.4 is 0 Å². The number of para-hydroxylation sites is 1. The summed E-state index contributed by atoms with van der Waals surface area (Å²) in [5, 5.41) is 26.9. The molecule has 0 saturated carbocycles. The Hall–Kier alpha value is -6.94. The first-order chi connectivity index (χ1) is 24.2. The van der Waals surface area contributed by atoms with E-state index in [1.165, 1.54) is 21.9 Å². The van der Waals surface area contributed by atoms with Gasteiger partial charge in [0, 0.05) is 16.5 Å². The second-order valence-corrected chi connectivity index (χ2v) is 12.3. The van der Waals surface area contributed by atoms with E-state index in [4.69, 9.17) is 0 Å². The van der Waals surface area contributed by atoms with Gasteiger partial charge in [-0.25, -0.2) is 0 Å². The molecular formula is C46H27N3. The first kappa shape index (κ1) is 28.3. The second kappa shape index (κ2) is 11.4. The molecule has 0 aliphatic heterocycles. The van der Waals surface area contributed by atoms with Crippen molar-refractivity contribution in [2.75, 3.05) is 0 Å². The second-order valence-electron chi connectivity index (χ2n) is 12.3. The molecule has 0 aliphatic carbocycles. The van der Waals surface area contributed by atoms with Crippen LogP contribution in [0.1, 0.15) is 11.1 Å². The van der Waals surface area contributed by atoms with Crippen LogP contribution in [0.4, 0.5) is 0 Å². The SMILES string of the molecule is N#Cc1ccc2c(c1)c1ccccc1n2-c1ccc(-c2ccc(-c3c4ccccc4c(-c4ccccc4)c4ccccc34)cc2C#N)cc1. The van der Waals surface area contributed by atoms with Crippen molar-refractivity contribution < 1.29 is 0 Å². The normalized spacial score (nSPS) is 11.2. The van der Waals surface area contributed by atoms with Gasteiger partial charge in [0.25, 0.3) is 0 Å². The van der Waals surface area contributed by atoms with E-state index in [1.54, 1.807) is 0 Å². The molecule has 0 N–H and O–H groups in total. The number of hydrogen-bond acceptors (Lipinski definition) is 2. The van der Waals surface area contributed by atoms with Crippen LogP contribution in [0.3, 0.4) is 0 Å². The average molecular weight is 622 g/mol. The molecule has 8 aromatic carbocycles. The monoisotopic (exact) mass is 621 g/mol. The summed E-state index contributed by atoms with van der Waals surface area (Å²) in [5.41, 5.74) is 10.9. The van der Waals surface area contributed by atoms with Gasteiger partial charge >= 0.3 is 0 Å². The Morgan fingerprint density at radius 3 is 1.57 bits per heavy atom. The molecule has 9 rings (SSSR count). The minimum Gasteiger partial charge on any atom is -0.309 e. The molecule has 1 aromatic heterocycles. The van der Waals surface area contributed by atoms with E-state index >= 15 is 0 Å². The summed E-state index contributed by atoms with van der Waals surface area (Å²) in [5.74, 6) is 0. The maximum Gasteiger partial charge on any atom is 0.0998 e. The Kier molecular flexibility index (Phi) is 6.58. The molecule has 3 heteroatoms. The van der Waals surface area contributed by atoms with E-state index in [9.17, 15) is 10.5 Å². The summed E-state index contributed by atoms with van der Waals surface area (Å²) in [7, 11) is 0. The van der Waals surface area contributed by atoms with Gasteiger partial charge in [-0.3, -0.25) is 0 Å². The summed E-state index contributed by atoms with van der Waals surface area (Å²) in [4.78, 5) is 0. The molecule has 0 radical (unpaired) electrons. The third-order valence-corrected chi connectivity index (χ3v) is 9.66. The molecule has 0 amide bonds. The number of hydrogen-bond donors (Lipinski definition) is 0. The summed E-state index contributed by atoms with van der Waals surface area (Å²) in [6, 6.07) is 61.4. The van der Waals surface area contributed by atoms with Gasteiger partial charge in [-0.2, -0.15) is 10.5 Å². The Morgan fingerprint density at radius 2 is 0.939 bits per heavy atom. The molecule has 1 heterocycles. The fourth-order valence-corrected chi connectivity index (χ4v) is 7.51. The van der Waals surface area contributed by atoms with E-state index in [2.05, 4.69) is 144 Å². The van der Waals surface area contributed by atoms with Crippen LogP contribution in [0.2, 0.25) is 0 Å². The van der Waals surface area contributed by atoms with Gasteiger partial charge in [0.2, 0.25) is 0 Å². The van der Waals surface area contributed by atoms with Gasteiger partial charge in [0.1, 0.15) is 0 Å². The van der Waals surface area contributed by atoms with E-state index in [0.29, 0.717) is 11.1 Å². The Morgan fingerprint density at radius 1 is 0.388 bits per heavy atom. The van der Waals surface area contributed by atoms with E-state index in [1.807, 2.05) is 36.4 Å². The van der Waals surface area contributed by atoms with Crippen molar-refractivity contribution in [3.63, 3.8) is 0 Å². The first-order valence-electron chi connectivity index (χ1n) is 16.3. The van der Waals surface area contributed by atoms with Crippen molar-refractivity contribution in [3.8, 4) is 51.2 Å². The molecule has 0 atom stereocenters. The van der Waals surface area contributed by atoms with Gasteiger partial charge in [0.05, 0.1) is 34.3 Å². The molecule has 9 aromatic rings. The third-order valence-electron chi connectivity index (χ3n) is 9.66. The highest BCUT2D eigenvalue weighted by Crippen LogP contribution is 2.44.